The molecular formula is C25H23ClN4O3S2. The quantitative estimate of drug-likeness (QED) is 0.370. The van der Waals surface area contributed by atoms with Gasteiger partial charge in [0.15, 0.2) is 0 Å². The van der Waals surface area contributed by atoms with E-state index in [0.717, 1.165) is 30.6 Å². The summed E-state index contributed by atoms with van der Waals surface area (Å²) in [6.45, 7) is 3.44. The summed E-state index contributed by atoms with van der Waals surface area (Å²) in [5.41, 5.74) is 2.29. The van der Waals surface area contributed by atoms with Crippen molar-refractivity contribution < 1.29 is 9.53 Å². The molecule has 0 radical (unpaired) electrons. The Kier molecular flexibility index (Phi) is 6.93. The Bertz CT molecular complexity index is 1420. The number of aryl methyl sites for hydroxylation is 1. The third-order valence-corrected chi connectivity index (χ3v) is 7.79. The number of hydrogen-bond acceptors (Lipinski definition) is 7. The Morgan fingerprint density at radius 1 is 1.29 bits per heavy atom. The van der Waals surface area contributed by atoms with Gasteiger partial charge in [-0.05, 0) is 49.1 Å². The lowest BCUT2D eigenvalue weighted by Gasteiger charge is -2.16. The smallest absolute Gasteiger partial charge is 0.267 e. The first-order valence-electron chi connectivity index (χ1n) is 11.3. The average molecular weight is 527 g/mol. The first kappa shape index (κ1) is 24.0. The van der Waals surface area contributed by atoms with Crippen molar-refractivity contribution in [3.63, 3.8) is 0 Å². The predicted molar refractivity (Wildman–Crippen MR) is 144 cm³/mol. The van der Waals surface area contributed by atoms with Crippen LogP contribution in [-0.2, 0) is 16.1 Å². The number of ether oxygens (including phenoxy) is 1. The number of carbonyl (C=O) groups is 1. The summed E-state index contributed by atoms with van der Waals surface area (Å²) in [5.74, 6) is 0.162. The van der Waals surface area contributed by atoms with Gasteiger partial charge in [0.05, 0.1) is 23.1 Å². The Labute approximate surface area is 217 Å². The van der Waals surface area contributed by atoms with Crippen LogP contribution in [0.2, 0.25) is 5.02 Å². The number of thiocarbonyl (C=S) groups is 1. The molecule has 1 N–H and O–H groups in total. The van der Waals surface area contributed by atoms with Crippen LogP contribution >= 0.6 is 35.6 Å². The fourth-order valence-corrected chi connectivity index (χ4v) is 5.59. The third kappa shape index (κ3) is 4.86. The number of anilines is 1. The van der Waals surface area contributed by atoms with Crippen molar-refractivity contribution >= 4 is 63.3 Å². The van der Waals surface area contributed by atoms with E-state index in [1.807, 2.05) is 31.2 Å². The molecule has 7 nitrogen and oxygen atoms in total. The first-order valence-corrected chi connectivity index (χ1v) is 12.9. The Morgan fingerprint density at radius 2 is 2.11 bits per heavy atom. The van der Waals surface area contributed by atoms with Gasteiger partial charge in [0, 0.05) is 24.4 Å². The maximum Gasteiger partial charge on any atom is 0.267 e. The van der Waals surface area contributed by atoms with Crippen molar-refractivity contribution in [1.82, 2.24) is 14.3 Å². The molecule has 35 heavy (non-hydrogen) atoms. The van der Waals surface area contributed by atoms with Gasteiger partial charge in [0.1, 0.15) is 15.8 Å². The monoisotopic (exact) mass is 526 g/mol. The largest absolute Gasteiger partial charge is 0.376 e. The van der Waals surface area contributed by atoms with Crippen LogP contribution in [0.15, 0.2) is 52.3 Å². The molecule has 1 amide bonds. The molecule has 10 heteroatoms. The highest BCUT2D eigenvalue weighted by Gasteiger charge is 2.33. The summed E-state index contributed by atoms with van der Waals surface area (Å²) in [5, 5.41) is 3.86. The van der Waals surface area contributed by atoms with Gasteiger partial charge >= 0.3 is 0 Å². The summed E-state index contributed by atoms with van der Waals surface area (Å²) in [7, 11) is 0. The standard InChI is InChI=1S/C25H23ClN4O3S2/c1-15-6-4-10-29-22(15)28-21(27-13-17-8-5-11-33-17)18(23(29)31)12-20-24(32)30(25(34)35-20)14-16-7-2-3-9-19(16)26/h2-4,6-7,9-10,12,17,27H,5,8,11,13-14H2,1H3. The third-order valence-electron chi connectivity index (χ3n) is 6.04. The van der Waals surface area contributed by atoms with Crippen LogP contribution in [0.3, 0.4) is 0 Å². The van der Waals surface area contributed by atoms with E-state index in [-0.39, 0.29) is 24.1 Å². The fourth-order valence-electron chi connectivity index (χ4n) is 4.16. The van der Waals surface area contributed by atoms with Crippen LogP contribution in [0, 0.1) is 6.92 Å². The molecule has 3 aromatic rings. The topological polar surface area (TPSA) is 75.9 Å². The van der Waals surface area contributed by atoms with Crippen molar-refractivity contribution in [2.75, 3.05) is 18.5 Å². The number of amides is 1. The molecule has 0 bridgehead atoms. The van der Waals surface area contributed by atoms with E-state index in [9.17, 15) is 9.59 Å². The molecule has 1 aromatic carbocycles. The van der Waals surface area contributed by atoms with Gasteiger partial charge in [-0.25, -0.2) is 4.98 Å². The molecule has 1 atom stereocenters. The molecule has 2 saturated heterocycles. The molecule has 5 rings (SSSR count). The molecule has 2 aromatic heterocycles. The van der Waals surface area contributed by atoms with E-state index >= 15 is 0 Å². The fraction of sp³-hybridized carbons (Fsp3) is 0.280. The highest BCUT2D eigenvalue weighted by Crippen LogP contribution is 2.35. The second-order valence-electron chi connectivity index (χ2n) is 8.44. The molecule has 2 aliphatic heterocycles. The SMILES string of the molecule is Cc1cccn2c(=O)c(C=C3SC(=S)N(Cc4ccccc4Cl)C3=O)c(NCC3CCCO3)nc12. The number of halogens is 1. The number of nitrogens with one attached hydrogen (secondary N) is 1. The van der Waals surface area contributed by atoms with Gasteiger partial charge in [-0.15, -0.1) is 0 Å². The summed E-state index contributed by atoms with van der Waals surface area (Å²) in [6, 6.07) is 11.1. The second kappa shape index (κ2) is 10.1. The number of aromatic nitrogens is 2. The number of thioether (sulfide) groups is 1. The number of pyridine rings is 1. The number of benzene rings is 1. The molecule has 0 saturated carbocycles. The van der Waals surface area contributed by atoms with Crippen LogP contribution in [-0.4, -0.2) is 43.8 Å². The lowest BCUT2D eigenvalue weighted by Crippen LogP contribution is -2.28. The Morgan fingerprint density at radius 3 is 2.89 bits per heavy atom. The van der Waals surface area contributed by atoms with Crippen LogP contribution in [0.5, 0.6) is 0 Å². The van der Waals surface area contributed by atoms with E-state index in [1.165, 1.54) is 21.1 Å². The van der Waals surface area contributed by atoms with E-state index < -0.39 is 0 Å². The highest BCUT2D eigenvalue weighted by atomic mass is 35.5. The normalized spacial score (nSPS) is 19.3. The van der Waals surface area contributed by atoms with Gasteiger partial charge < -0.3 is 10.1 Å². The Hall–Kier alpha value is -2.72. The summed E-state index contributed by atoms with van der Waals surface area (Å²) in [6.07, 6.45) is 5.30. The molecule has 2 aliphatic rings. The molecule has 4 heterocycles. The molecule has 1 unspecified atom stereocenters. The molecule has 180 valence electrons. The van der Waals surface area contributed by atoms with Gasteiger partial charge in [0.25, 0.3) is 11.5 Å². The zero-order valence-electron chi connectivity index (χ0n) is 19.0. The molecule has 2 fully saturated rings. The molecule has 0 spiro atoms. The van der Waals surface area contributed by atoms with E-state index in [0.29, 0.717) is 37.8 Å². The lowest BCUT2D eigenvalue weighted by molar-refractivity contribution is -0.122. The van der Waals surface area contributed by atoms with E-state index in [4.69, 9.17) is 33.5 Å². The van der Waals surface area contributed by atoms with Gasteiger partial charge in [-0.2, -0.15) is 0 Å². The minimum absolute atomic E-state index is 0.0637. The zero-order chi connectivity index (χ0) is 24.5. The summed E-state index contributed by atoms with van der Waals surface area (Å²) in [4.78, 5) is 33.4. The van der Waals surface area contributed by atoms with Gasteiger partial charge in [0.2, 0.25) is 0 Å². The average Bonchev–Trinajstić information content (AvgIpc) is 3.45. The highest BCUT2D eigenvalue weighted by molar-refractivity contribution is 8.26. The van der Waals surface area contributed by atoms with Crippen molar-refractivity contribution in [3.05, 3.63) is 79.6 Å². The van der Waals surface area contributed by atoms with E-state index in [1.54, 1.807) is 24.4 Å². The van der Waals surface area contributed by atoms with Gasteiger partial charge in [-0.1, -0.05) is 59.8 Å². The van der Waals surface area contributed by atoms with Crippen molar-refractivity contribution in [1.29, 1.82) is 0 Å². The van der Waals surface area contributed by atoms with Crippen molar-refractivity contribution in [3.8, 4) is 0 Å². The maximum absolute atomic E-state index is 13.5. The number of rotatable bonds is 6. The Balaban J connectivity index is 1.52. The molecule has 0 aliphatic carbocycles. The zero-order valence-corrected chi connectivity index (χ0v) is 21.4. The van der Waals surface area contributed by atoms with Crippen molar-refractivity contribution in [2.45, 2.75) is 32.4 Å². The number of fused-ring (bicyclic) bond motifs is 1. The number of carbonyl (C=O) groups excluding carboxylic acids is 1. The summed E-state index contributed by atoms with van der Waals surface area (Å²) >= 11 is 12.9. The minimum atomic E-state index is -0.265. The lowest BCUT2D eigenvalue weighted by atomic mass is 10.2. The van der Waals surface area contributed by atoms with Crippen LogP contribution in [0.4, 0.5) is 5.82 Å². The number of hydrogen-bond donors (Lipinski definition) is 1. The van der Waals surface area contributed by atoms with Crippen molar-refractivity contribution in [2.24, 2.45) is 0 Å². The van der Waals surface area contributed by atoms with Crippen LogP contribution in [0.1, 0.15) is 29.5 Å². The minimum Gasteiger partial charge on any atom is -0.376 e. The van der Waals surface area contributed by atoms with Gasteiger partial charge in [-0.3, -0.25) is 18.9 Å². The maximum atomic E-state index is 13.5. The summed E-state index contributed by atoms with van der Waals surface area (Å²) < 4.78 is 7.64. The molecular weight excluding hydrogens is 504 g/mol. The first-order chi connectivity index (χ1) is 16.9. The number of nitrogens with zero attached hydrogens (tertiary/aromatic N) is 3. The van der Waals surface area contributed by atoms with Crippen LogP contribution in [0.25, 0.3) is 11.7 Å². The predicted octanol–water partition coefficient (Wildman–Crippen LogP) is 4.65. The second-order valence-corrected chi connectivity index (χ2v) is 10.5. The van der Waals surface area contributed by atoms with E-state index in [2.05, 4.69) is 5.32 Å². The van der Waals surface area contributed by atoms with Crippen LogP contribution < -0.4 is 10.9 Å².